The van der Waals surface area contributed by atoms with Gasteiger partial charge in [-0.05, 0) is 67.9 Å². The highest BCUT2D eigenvalue weighted by Gasteiger charge is 2.32. The molecule has 11 nitrogen and oxygen atoms in total. The number of piperazine rings is 1. The molecule has 2 aromatic heterocycles. The topological polar surface area (TPSA) is 114 Å². The quantitative estimate of drug-likeness (QED) is 0.130. The predicted molar refractivity (Wildman–Crippen MR) is 170 cm³/mol. The van der Waals surface area contributed by atoms with Gasteiger partial charge in [0.2, 0.25) is 5.13 Å². The molecule has 0 atom stereocenters. The Labute approximate surface area is 265 Å². The van der Waals surface area contributed by atoms with Gasteiger partial charge in [0.05, 0.1) is 27.3 Å². The molecule has 7 rings (SSSR count). The van der Waals surface area contributed by atoms with E-state index in [-0.39, 0.29) is 17.5 Å². The number of benzene rings is 3. The first kappa shape index (κ1) is 29.9. The number of ether oxygens (including phenoxy) is 1. The van der Waals surface area contributed by atoms with E-state index in [1.165, 1.54) is 35.6 Å². The summed E-state index contributed by atoms with van der Waals surface area (Å²) in [6, 6.07) is 16.4. The van der Waals surface area contributed by atoms with Gasteiger partial charge in [-0.1, -0.05) is 18.3 Å². The van der Waals surface area contributed by atoms with Crippen molar-refractivity contribution in [3.63, 3.8) is 0 Å². The van der Waals surface area contributed by atoms with Crippen molar-refractivity contribution in [1.82, 2.24) is 24.6 Å². The van der Waals surface area contributed by atoms with Gasteiger partial charge >= 0.3 is 6.36 Å². The van der Waals surface area contributed by atoms with E-state index in [0.717, 1.165) is 73.5 Å². The third-order valence-corrected chi connectivity index (χ3v) is 9.10. The number of nitro groups is 1. The highest BCUT2D eigenvalue weighted by Crippen LogP contribution is 2.44. The number of nitro benzene ring substituents is 1. The number of fused-ring (bicyclic) bond motifs is 1. The minimum atomic E-state index is -4.76. The predicted octanol–water partition coefficient (Wildman–Crippen LogP) is 7.25. The van der Waals surface area contributed by atoms with Crippen LogP contribution < -0.4 is 15.0 Å². The van der Waals surface area contributed by atoms with E-state index < -0.39 is 11.3 Å². The van der Waals surface area contributed by atoms with E-state index in [0.29, 0.717) is 21.5 Å². The number of non-ortho nitro benzene ring substituents is 1. The number of nitrogens with one attached hydrogen (secondary N) is 1. The molecule has 238 valence electrons. The van der Waals surface area contributed by atoms with Crippen molar-refractivity contribution in [3.8, 4) is 27.7 Å². The van der Waals surface area contributed by atoms with Crippen LogP contribution in [0.1, 0.15) is 25.8 Å². The number of anilines is 3. The largest absolute Gasteiger partial charge is 0.573 e. The number of likely N-dealkylation sites (N-methyl/N-ethyl adjacent to an activating group) is 1. The lowest BCUT2D eigenvalue weighted by molar-refractivity contribution is -0.384. The lowest BCUT2D eigenvalue weighted by Crippen LogP contribution is -2.46. The smallest absolute Gasteiger partial charge is 0.406 e. The first-order valence-electron chi connectivity index (χ1n) is 14.9. The number of hydrogen-bond acceptors (Lipinski definition) is 10. The number of halogens is 3. The first-order chi connectivity index (χ1) is 22.1. The van der Waals surface area contributed by atoms with Crippen LogP contribution in [0.15, 0.2) is 60.7 Å². The molecule has 5 aromatic rings. The van der Waals surface area contributed by atoms with Crippen LogP contribution >= 0.6 is 11.3 Å². The molecule has 0 unspecified atom stereocenters. The van der Waals surface area contributed by atoms with E-state index in [1.54, 1.807) is 24.3 Å². The van der Waals surface area contributed by atoms with Crippen LogP contribution in [-0.4, -0.2) is 68.7 Å². The number of alkyl halides is 3. The third kappa shape index (κ3) is 6.20. The van der Waals surface area contributed by atoms with Gasteiger partial charge < -0.3 is 24.4 Å². The molecule has 1 saturated heterocycles. The van der Waals surface area contributed by atoms with E-state index in [2.05, 4.69) is 47.6 Å². The number of hydrogen-bond donors (Lipinski definition) is 1. The molecule has 0 spiro atoms. The molecular weight excluding hydrogens is 621 g/mol. The first-order valence-corrected chi connectivity index (χ1v) is 15.7. The molecule has 3 heterocycles. The van der Waals surface area contributed by atoms with Crippen LogP contribution in [-0.2, 0) is 0 Å². The fraction of sp³-hybridized carbons (Fsp3) is 0.323. The zero-order chi connectivity index (χ0) is 32.0. The Morgan fingerprint density at radius 1 is 1.00 bits per heavy atom. The molecule has 2 aliphatic rings. The minimum Gasteiger partial charge on any atom is -0.406 e. The minimum absolute atomic E-state index is 0.00307. The highest BCUT2D eigenvalue weighted by atomic mass is 32.1. The molecule has 3 aromatic carbocycles. The summed E-state index contributed by atoms with van der Waals surface area (Å²) >= 11 is 1.34. The van der Waals surface area contributed by atoms with Crippen LogP contribution in [0.5, 0.6) is 5.75 Å². The van der Waals surface area contributed by atoms with E-state index in [4.69, 9.17) is 4.98 Å². The van der Waals surface area contributed by atoms with Gasteiger partial charge in [0.15, 0.2) is 0 Å². The van der Waals surface area contributed by atoms with Gasteiger partial charge in [-0.2, -0.15) is 0 Å². The fourth-order valence-corrected chi connectivity index (χ4v) is 6.50. The average molecular weight is 651 g/mol. The summed E-state index contributed by atoms with van der Waals surface area (Å²) < 4.78 is 44.5. The van der Waals surface area contributed by atoms with Crippen LogP contribution in [0, 0.1) is 10.1 Å². The van der Waals surface area contributed by atoms with E-state index in [9.17, 15) is 23.3 Å². The summed E-state index contributed by atoms with van der Waals surface area (Å²) in [5.74, 6) is 0.404. The Bertz CT molecular complexity index is 1880. The van der Waals surface area contributed by atoms with Crippen molar-refractivity contribution in [2.45, 2.75) is 32.2 Å². The molecule has 1 saturated carbocycles. The SMILES string of the molecule is CCN1CCN(c2cc3c(cc2Nc2nnc(-c4ccc([N+](=O)[O-])cc4)s2)nc(-c2ccc(OC(F)(F)F)cc2)n3C2CC2)CC1. The van der Waals surface area contributed by atoms with Crippen molar-refractivity contribution in [1.29, 1.82) is 0 Å². The molecule has 15 heteroatoms. The fourth-order valence-electron chi connectivity index (χ4n) is 5.74. The van der Waals surface area contributed by atoms with Crippen molar-refractivity contribution in [2.75, 3.05) is 42.9 Å². The van der Waals surface area contributed by atoms with Crippen LogP contribution in [0.3, 0.4) is 0 Å². The average Bonchev–Trinajstić information content (AvgIpc) is 3.66. The maximum Gasteiger partial charge on any atom is 0.573 e. The lowest BCUT2D eigenvalue weighted by atomic mass is 10.2. The van der Waals surface area contributed by atoms with Crippen LogP contribution in [0.2, 0.25) is 0 Å². The Morgan fingerprint density at radius 3 is 2.33 bits per heavy atom. The molecule has 2 fully saturated rings. The molecule has 1 N–H and O–H groups in total. The van der Waals surface area contributed by atoms with Gasteiger partial charge in [0.1, 0.15) is 16.6 Å². The summed E-state index contributed by atoms with van der Waals surface area (Å²) in [5, 5.41) is 24.4. The molecule has 0 amide bonds. The van der Waals surface area contributed by atoms with Gasteiger partial charge in [0.25, 0.3) is 5.69 Å². The van der Waals surface area contributed by atoms with Crippen molar-refractivity contribution in [2.24, 2.45) is 0 Å². The lowest BCUT2D eigenvalue weighted by Gasteiger charge is -2.36. The second kappa shape index (κ2) is 11.9. The summed E-state index contributed by atoms with van der Waals surface area (Å²) in [7, 11) is 0. The van der Waals surface area contributed by atoms with Gasteiger partial charge in [-0.3, -0.25) is 10.1 Å². The monoisotopic (exact) mass is 650 g/mol. The van der Waals surface area contributed by atoms with Gasteiger partial charge in [0, 0.05) is 55.5 Å². The number of rotatable bonds is 9. The molecule has 0 bridgehead atoms. The third-order valence-electron chi connectivity index (χ3n) is 8.22. The maximum absolute atomic E-state index is 12.8. The molecule has 0 radical (unpaired) electrons. The zero-order valence-corrected chi connectivity index (χ0v) is 25.5. The maximum atomic E-state index is 12.8. The number of aromatic nitrogens is 4. The highest BCUT2D eigenvalue weighted by molar-refractivity contribution is 7.18. The number of nitrogens with zero attached hydrogens (tertiary/aromatic N) is 7. The Morgan fingerprint density at radius 2 is 1.70 bits per heavy atom. The zero-order valence-electron chi connectivity index (χ0n) is 24.7. The molecule has 1 aliphatic heterocycles. The summed E-state index contributed by atoms with van der Waals surface area (Å²) in [5.41, 5.74) is 4.93. The van der Waals surface area contributed by atoms with Crippen molar-refractivity contribution < 1.29 is 22.8 Å². The van der Waals surface area contributed by atoms with Crippen molar-refractivity contribution >= 4 is 44.6 Å². The number of imidazole rings is 1. The van der Waals surface area contributed by atoms with Crippen molar-refractivity contribution in [3.05, 3.63) is 70.8 Å². The van der Waals surface area contributed by atoms with Crippen LogP contribution in [0.4, 0.5) is 35.4 Å². The Kier molecular flexibility index (Phi) is 7.72. The normalized spacial score (nSPS) is 15.8. The molecule has 1 aliphatic carbocycles. The summed E-state index contributed by atoms with van der Waals surface area (Å²) in [4.78, 5) is 20.4. The Hall–Kier alpha value is -4.76. The Balaban J connectivity index is 1.26. The second-order valence-corrected chi connectivity index (χ2v) is 12.2. The van der Waals surface area contributed by atoms with Gasteiger partial charge in [-0.25, -0.2) is 4.98 Å². The second-order valence-electron chi connectivity index (χ2n) is 11.2. The summed E-state index contributed by atoms with van der Waals surface area (Å²) in [6.07, 6.45) is -2.77. The van der Waals surface area contributed by atoms with E-state index >= 15 is 0 Å². The van der Waals surface area contributed by atoms with Gasteiger partial charge in [-0.15, -0.1) is 23.4 Å². The van der Waals surface area contributed by atoms with E-state index in [1.807, 2.05) is 6.07 Å². The molecule has 46 heavy (non-hydrogen) atoms. The van der Waals surface area contributed by atoms with Crippen LogP contribution in [0.25, 0.3) is 33.0 Å². The summed E-state index contributed by atoms with van der Waals surface area (Å²) in [6.45, 7) is 6.67. The molecular formula is C31H29F3N8O3S. The standard InChI is InChI=1S/C31H29F3N8O3S/c1-2-39-13-15-40(16-14-39)26-18-27-25(17-24(26)36-30-38-37-29(46-30)20-3-7-22(8-4-20)42(43)44)35-28(41(27)21-9-10-21)19-5-11-23(12-6-19)45-31(32,33)34/h3-8,11-12,17-18,21H,2,9-10,13-16H2,1H3,(H,36,38).